The molecule has 0 saturated heterocycles. The second-order valence-corrected chi connectivity index (χ2v) is 7.13. The summed E-state index contributed by atoms with van der Waals surface area (Å²) in [6.45, 7) is 7.52. The number of ether oxygens (including phenoxy) is 1. The second kappa shape index (κ2) is 8.27. The van der Waals surface area contributed by atoms with Gasteiger partial charge in [-0.3, -0.25) is 0 Å². The van der Waals surface area contributed by atoms with Crippen molar-refractivity contribution in [2.24, 2.45) is 0 Å². The zero-order chi connectivity index (χ0) is 18.5. The van der Waals surface area contributed by atoms with E-state index in [4.69, 9.17) is 4.74 Å². The minimum absolute atomic E-state index is 0.845. The molecule has 0 atom stereocenters. The Hall–Kier alpha value is -2.48. The number of allylic oxidation sites excluding steroid dienone is 4. The van der Waals surface area contributed by atoms with Gasteiger partial charge in [0.25, 0.3) is 0 Å². The molecule has 0 amide bonds. The fourth-order valence-corrected chi connectivity index (χ4v) is 3.53. The molecule has 0 spiro atoms. The standard InChI is InChI=1S/C24H29NO/c1-17-9-10-21(15-20-8-6-5-7-18(20)2)24(19(17)3)16-25-22-11-13-23(26-4)14-12-22/h5,7,9-14,25H,6,8,15-16H2,1-4H3. The van der Waals surface area contributed by atoms with E-state index in [9.17, 15) is 0 Å². The number of methoxy groups -OCH3 is 1. The van der Waals surface area contributed by atoms with Crippen molar-refractivity contribution in [1.29, 1.82) is 0 Å². The minimum Gasteiger partial charge on any atom is -0.497 e. The van der Waals surface area contributed by atoms with Crippen molar-refractivity contribution >= 4 is 5.69 Å². The largest absolute Gasteiger partial charge is 0.497 e. The van der Waals surface area contributed by atoms with Crippen molar-refractivity contribution in [3.8, 4) is 5.75 Å². The molecular formula is C24H29NO. The first kappa shape index (κ1) is 18.3. The molecule has 0 aromatic heterocycles. The van der Waals surface area contributed by atoms with Gasteiger partial charge >= 0.3 is 0 Å². The summed E-state index contributed by atoms with van der Waals surface area (Å²) in [5.41, 5.74) is 9.75. The van der Waals surface area contributed by atoms with Gasteiger partial charge in [0.15, 0.2) is 0 Å². The SMILES string of the molecule is COc1ccc(NCc2c(CC3=C(C)C=CCC3)ccc(C)c2C)cc1. The number of benzene rings is 2. The molecule has 0 aliphatic heterocycles. The van der Waals surface area contributed by atoms with Crippen molar-refractivity contribution in [2.75, 3.05) is 12.4 Å². The van der Waals surface area contributed by atoms with Crippen LogP contribution in [0.25, 0.3) is 0 Å². The number of anilines is 1. The average Bonchev–Trinajstić information content (AvgIpc) is 2.66. The van der Waals surface area contributed by atoms with Crippen molar-refractivity contribution in [3.63, 3.8) is 0 Å². The summed E-state index contributed by atoms with van der Waals surface area (Å²) < 4.78 is 5.24. The lowest BCUT2D eigenvalue weighted by Crippen LogP contribution is -2.08. The topological polar surface area (TPSA) is 21.3 Å². The van der Waals surface area contributed by atoms with Crippen LogP contribution < -0.4 is 10.1 Å². The average molecular weight is 348 g/mol. The summed E-state index contributed by atoms with van der Waals surface area (Å²) >= 11 is 0. The fourth-order valence-electron chi connectivity index (χ4n) is 3.53. The first-order valence-electron chi connectivity index (χ1n) is 9.39. The fraction of sp³-hybridized carbons (Fsp3) is 0.333. The van der Waals surface area contributed by atoms with Crippen LogP contribution in [0.3, 0.4) is 0 Å². The quantitative estimate of drug-likeness (QED) is 0.678. The third kappa shape index (κ3) is 4.19. The van der Waals surface area contributed by atoms with Gasteiger partial charge in [-0.1, -0.05) is 35.4 Å². The summed E-state index contributed by atoms with van der Waals surface area (Å²) in [5.74, 6) is 0.885. The van der Waals surface area contributed by atoms with Crippen LogP contribution in [0.2, 0.25) is 0 Å². The van der Waals surface area contributed by atoms with Gasteiger partial charge in [-0.25, -0.2) is 0 Å². The van der Waals surface area contributed by atoms with E-state index in [0.29, 0.717) is 0 Å². The summed E-state index contributed by atoms with van der Waals surface area (Å²) in [6, 6.07) is 12.7. The molecule has 0 unspecified atom stereocenters. The predicted octanol–water partition coefficient (Wildman–Crippen LogP) is 6.13. The molecule has 0 heterocycles. The van der Waals surface area contributed by atoms with Gasteiger partial charge in [-0.05, 0) is 86.6 Å². The van der Waals surface area contributed by atoms with E-state index in [1.807, 2.05) is 12.1 Å². The maximum atomic E-state index is 5.24. The minimum atomic E-state index is 0.845. The van der Waals surface area contributed by atoms with Gasteiger partial charge in [0.2, 0.25) is 0 Å². The highest BCUT2D eigenvalue weighted by Crippen LogP contribution is 2.27. The summed E-state index contributed by atoms with van der Waals surface area (Å²) in [6.07, 6.45) is 7.95. The predicted molar refractivity (Wildman–Crippen MR) is 111 cm³/mol. The molecule has 1 aliphatic rings. The zero-order valence-electron chi connectivity index (χ0n) is 16.4. The molecule has 0 saturated carbocycles. The first-order valence-corrected chi connectivity index (χ1v) is 9.39. The van der Waals surface area contributed by atoms with E-state index in [1.54, 1.807) is 12.7 Å². The third-order valence-electron chi connectivity index (χ3n) is 5.47. The van der Waals surface area contributed by atoms with Crippen LogP contribution in [-0.4, -0.2) is 7.11 Å². The maximum absolute atomic E-state index is 5.24. The van der Waals surface area contributed by atoms with Crippen LogP contribution in [0.15, 0.2) is 59.7 Å². The lowest BCUT2D eigenvalue weighted by molar-refractivity contribution is 0.415. The summed E-state index contributed by atoms with van der Waals surface area (Å²) in [5, 5.41) is 3.58. The highest BCUT2D eigenvalue weighted by molar-refractivity contribution is 5.49. The Kier molecular flexibility index (Phi) is 5.82. The zero-order valence-corrected chi connectivity index (χ0v) is 16.4. The molecule has 0 radical (unpaired) electrons. The van der Waals surface area contributed by atoms with Crippen LogP contribution >= 0.6 is 0 Å². The van der Waals surface area contributed by atoms with E-state index in [0.717, 1.165) is 30.8 Å². The van der Waals surface area contributed by atoms with Crippen molar-refractivity contribution < 1.29 is 4.74 Å². The Labute approximate surface area is 157 Å². The number of hydrogen-bond donors (Lipinski definition) is 1. The van der Waals surface area contributed by atoms with Gasteiger partial charge in [0.05, 0.1) is 7.11 Å². The molecular weight excluding hydrogens is 318 g/mol. The molecule has 2 aromatic carbocycles. The Morgan fingerprint density at radius 2 is 1.77 bits per heavy atom. The van der Waals surface area contributed by atoms with Crippen molar-refractivity contribution in [3.05, 3.63) is 82.0 Å². The molecule has 136 valence electrons. The smallest absolute Gasteiger partial charge is 0.119 e. The lowest BCUT2D eigenvalue weighted by atomic mass is 9.88. The van der Waals surface area contributed by atoms with Gasteiger partial charge in [-0.15, -0.1) is 0 Å². The highest BCUT2D eigenvalue weighted by atomic mass is 16.5. The highest BCUT2D eigenvalue weighted by Gasteiger charge is 2.12. The summed E-state index contributed by atoms with van der Waals surface area (Å²) in [4.78, 5) is 0. The molecule has 1 aliphatic carbocycles. The lowest BCUT2D eigenvalue weighted by Gasteiger charge is -2.19. The van der Waals surface area contributed by atoms with Crippen LogP contribution in [0, 0.1) is 13.8 Å². The molecule has 0 bridgehead atoms. The van der Waals surface area contributed by atoms with Crippen molar-refractivity contribution in [2.45, 2.75) is 46.6 Å². The first-order chi connectivity index (χ1) is 12.6. The third-order valence-corrected chi connectivity index (χ3v) is 5.47. The number of aryl methyl sites for hydroxylation is 1. The monoisotopic (exact) mass is 347 g/mol. The number of nitrogens with one attached hydrogen (secondary N) is 1. The normalized spacial score (nSPS) is 13.8. The molecule has 26 heavy (non-hydrogen) atoms. The summed E-state index contributed by atoms with van der Waals surface area (Å²) in [7, 11) is 1.70. The molecule has 3 rings (SSSR count). The van der Waals surface area contributed by atoms with E-state index in [2.05, 4.69) is 62.5 Å². The van der Waals surface area contributed by atoms with Gasteiger partial charge < -0.3 is 10.1 Å². The molecule has 0 fully saturated rings. The maximum Gasteiger partial charge on any atom is 0.119 e. The van der Waals surface area contributed by atoms with Crippen LogP contribution in [0.4, 0.5) is 5.69 Å². The van der Waals surface area contributed by atoms with E-state index in [1.165, 1.54) is 34.2 Å². The number of hydrogen-bond acceptors (Lipinski definition) is 2. The molecule has 2 nitrogen and oxygen atoms in total. The Morgan fingerprint density at radius 3 is 2.46 bits per heavy atom. The van der Waals surface area contributed by atoms with Crippen molar-refractivity contribution in [1.82, 2.24) is 0 Å². The molecule has 2 aromatic rings. The van der Waals surface area contributed by atoms with Crippen LogP contribution in [0.1, 0.15) is 42.0 Å². The van der Waals surface area contributed by atoms with Crippen LogP contribution in [-0.2, 0) is 13.0 Å². The van der Waals surface area contributed by atoms with Gasteiger partial charge in [0.1, 0.15) is 5.75 Å². The molecule has 2 heteroatoms. The second-order valence-electron chi connectivity index (χ2n) is 7.13. The van der Waals surface area contributed by atoms with E-state index < -0.39 is 0 Å². The van der Waals surface area contributed by atoms with Gasteiger partial charge in [0, 0.05) is 12.2 Å². The van der Waals surface area contributed by atoms with E-state index >= 15 is 0 Å². The van der Waals surface area contributed by atoms with E-state index in [-0.39, 0.29) is 0 Å². The number of rotatable bonds is 6. The Balaban J connectivity index is 1.82. The Bertz CT molecular complexity index is 828. The Morgan fingerprint density at radius 1 is 1.00 bits per heavy atom. The molecule has 1 N–H and O–H groups in total. The van der Waals surface area contributed by atoms with Gasteiger partial charge in [-0.2, -0.15) is 0 Å². The van der Waals surface area contributed by atoms with Crippen LogP contribution in [0.5, 0.6) is 5.75 Å².